The summed E-state index contributed by atoms with van der Waals surface area (Å²) in [4.78, 5) is 19.3. The smallest absolute Gasteiger partial charge is 0.251 e. The molecule has 2 aliphatic rings. The van der Waals surface area contributed by atoms with Crippen LogP contribution in [0.1, 0.15) is 47.4 Å². The number of likely N-dealkylation sites (tertiary alicyclic amines) is 1. The lowest BCUT2D eigenvalue weighted by Crippen LogP contribution is -2.35. The van der Waals surface area contributed by atoms with E-state index in [-0.39, 0.29) is 5.91 Å². The first-order valence-corrected chi connectivity index (χ1v) is 8.93. The molecule has 1 unspecified atom stereocenters. The summed E-state index contributed by atoms with van der Waals surface area (Å²) >= 11 is 0. The van der Waals surface area contributed by atoms with Crippen LogP contribution in [0, 0.1) is 0 Å². The van der Waals surface area contributed by atoms with E-state index >= 15 is 0 Å². The largest absolute Gasteiger partial charge is 0.352 e. The summed E-state index contributed by atoms with van der Waals surface area (Å²) < 4.78 is 2.16. The quantitative estimate of drug-likeness (QED) is 0.943. The Bertz CT molecular complexity index is 752. The molecule has 1 atom stereocenters. The Hall–Kier alpha value is -2.14. The molecule has 0 spiro atoms. The summed E-state index contributed by atoms with van der Waals surface area (Å²) in [6.45, 7) is 6.30. The fourth-order valence-electron chi connectivity index (χ4n) is 3.94. The van der Waals surface area contributed by atoms with Gasteiger partial charge >= 0.3 is 0 Å². The van der Waals surface area contributed by atoms with Crippen molar-refractivity contribution in [3.05, 3.63) is 47.5 Å². The molecule has 1 aromatic carbocycles. The molecule has 0 bridgehead atoms. The fraction of sp³-hybridized carbons (Fsp3) is 0.474. The molecule has 0 radical (unpaired) electrons. The molecule has 5 nitrogen and oxygen atoms in total. The molecule has 2 aliphatic heterocycles. The summed E-state index contributed by atoms with van der Waals surface area (Å²) in [5, 5.41) is 2.93. The number of piperidine rings is 1. The van der Waals surface area contributed by atoms with Crippen molar-refractivity contribution in [1.29, 1.82) is 0 Å². The second-order valence-corrected chi connectivity index (χ2v) is 6.74. The minimum absolute atomic E-state index is 0.0367. The Morgan fingerprint density at radius 1 is 1.38 bits per heavy atom. The fourth-order valence-corrected chi connectivity index (χ4v) is 3.94. The van der Waals surface area contributed by atoms with Crippen LogP contribution in [-0.4, -0.2) is 46.5 Å². The maximum absolute atomic E-state index is 12.1. The van der Waals surface area contributed by atoms with Crippen molar-refractivity contribution in [3.63, 3.8) is 0 Å². The Balaban J connectivity index is 1.67. The minimum Gasteiger partial charge on any atom is -0.352 e. The SMILES string of the molecule is CCN1CCCC(c2nccn2-c2ccc3c(c2)C(=O)NCC3)C1. The van der Waals surface area contributed by atoms with Gasteiger partial charge in [-0.25, -0.2) is 4.98 Å². The highest BCUT2D eigenvalue weighted by Crippen LogP contribution is 2.28. The van der Waals surface area contributed by atoms with Crippen molar-refractivity contribution in [3.8, 4) is 5.69 Å². The molecule has 1 N–H and O–H groups in total. The van der Waals surface area contributed by atoms with E-state index in [0.29, 0.717) is 5.92 Å². The average molecular weight is 324 g/mol. The van der Waals surface area contributed by atoms with E-state index in [4.69, 9.17) is 0 Å². The highest BCUT2D eigenvalue weighted by atomic mass is 16.1. The highest BCUT2D eigenvalue weighted by Gasteiger charge is 2.25. The molecule has 0 aliphatic carbocycles. The second-order valence-electron chi connectivity index (χ2n) is 6.74. The van der Waals surface area contributed by atoms with Gasteiger partial charge in [0.05, 0.1) is 0 Å². The van der Waals surface area contributed by atoms with Gasteiger partial charge in [0.25, 0.3) is 5.91 Å². The van der Waals surface area contributed by atoms with Crippen LogP contribution in [0.3, 0.4) is 0 Å². The summed E-state index contributed by atoms with van der Waals surface area (Å²) in [6.07, 6.45) is 7.20. The van der Waals surface area contributed by atoms with Crippen molar-refractivity contribution >= 4 is 5.91 Å². The zero-order valence-corrected chi connectivity index (χ0v) is 14.2. The normalized spacial score (nSPS) is 21.4. The Labute approximate surface area is 142 Å². The van der Waals surface area contributed by atoms with E-state index in [1.165, 1.54) is 19.4 Å². The lowest BCUT2D eigenvalue weighted by molar-refractivity contribution is 0.0946. The standard InChI is InChI=1S/C19H24N4O/c1-2-22-10-3-4-15(13-22)18-20-9-11-23(18)16-6-5-14-7-8-21-19(24)17(14)12-16/h5-6,9,11-12,15H,2-4,7-8,10,13H2,1H3,(H,21,24). The number of fused-ring (bicyclic) bond motifs is 1. The van der Waals surface area contributed by atoms with Gasteiger partial charge in [0.2, 0.25) is 0 Å². The molecular formula is C19H24N4O. The monoisotopic (exact) mass is 324 g/mol. The van der Waals surface area contributed by atoms with Gasteiger partial charge in [-0.15, -0.1) is 0 Å². The number of hydrogen-bond acceptors (Lipinski definition) is 3. The number of nitrogens with one attached hydrogen (secondary N) is 1. The van der Waals surface area contributed by atoms with Crippen LogP contribution in [-0.2, 0) is 6.42 Å². The molecule has 24 heavy (non-hydrogen) atoms. The van der Waals surface area contributed by atoms with Gasteiger partial charge in [0.15, 0.2) is 0 Å². The number of nitrogens with zero attached hydrogens (tertiary/aromatic N) is 3. The lowest BCUT2D eigenvalue weighted by Gasteiger charge is -2.31. The molecule has 126 valence electrons. The first-order chi connectivity index (χ1) is 11.8. The molecule has 3 heterocycles. The molecule has 1 amide bonds. The predicted molar refractivity (Wildman–Crippen MR) is 93.7 cm³/mol. The molecule has 5 heteroatoms. The number of imidazole rings is 1. The number of aromatic nitrogens is 2. The van der Waals surface area contributed by atoms with Gasteiger partial charge in [-0.2, -0.15) is 0 Å². The lowest BCUT2D eigenvalue weighted by atomic mass is 9.96. The van der Waals surface area contributed by atoms with E-state index in [1.807, 2.05) is 18.5 Å². The predicted octanol–water partition coefficient (Wildman–Crippen LogP) is 2.36. The van der Waals surface area contributed by atoms with E-state index in [1.54, 1.807) is 0 Å². The summed E-state index contributed by atoms with van der Waals surface area (Å²) in [6, 6.07) is 6.21. The van der Waals surface area contributed by atoms with Crippen molar-refractivity contribution in [2.45, 2.75) is 32.1 Å². The van der Waals surface area contributed by atoms with Crippen molar-refractivity contribution < 1.29 is 4.79 Å². The van der Waals surface area contributed by atoms with Crippen LogP contribution < -0.4 is 5.32 Å². The maximum Gasteiger partial charge on any atom is 0.251 e. The average Bonchev–Trinajstić information content (AvgIpc) is 3.12. The third-order valence-corrected chi connectivity index (χ3v) is 5.28. The van der Waals surface area contributed by atoms with Crippen LogP contribution in [0.2, 0.25) is 0 Å². The summed E-state index contributed by atoms with van der Waals surface area (Å²) in [7, 11) is 0. The second kappa shape index (κ2) is 6.40. The Kier molecular flexibility index (Phi) is 4.10. The van der Waals surface area contributed by atoms with Crippen LogP contribution >= 0.6 is 0 Å². The number of benzene rings is 1. The topological polar surface area (TPSA) is 50.2 Å². The van der Waals surface area contributed by atoms with Crippen LogP contribution in [0.15, 0.2) is 30.6 Å². The Morgan fingerprint density at radius 2 is 2.29 bits per heavy atom. The molecular weight excluding hydrogens is 300 g/mol. The van der Waals surface area contributed by atoms with E-state index in [9.17, 15) is 4.79 Å². The summed E-state index contributed by atoms with van der Waals surface area (Å²) in [5.74, 6) is 1.61. The van der Waals surface area contributed by atoms with E-state index in [0.717, 1.165) is 48.7 Å². The number of hydrogen-bond donors (Lipinski definition) is 1. The van der Waals surface area contributed by atoms with E-state index < -0.39 is 0 Å². The van der Waals surface area contributed by atoms with Crippen LogP contribution in [0.5, 0.6) is 0 Å². The molecule has 4 rings (SSSR count). The first-order valence-electron chi connectivity index (χ1n) is 8.93. The van der Waals surface area contributed by atoms with Crippen molar-refractivity contribution in [2.24, 2.45) is 0 Å². The van der Waals surface area contributed by atoms with Gasteiger partial charge in [-0.3, -0.25) is 4.79 Å². The number of likely N-dealkylation sites (N-methyl/N-ethyl adjacent to an activating group) is 1. The first kappa shape index (κ1) is 15.4. The zero-order valence-electron chi connectivity index (χ0n) is 14.2. The number of carbonyl (C=O) groups excluding carboxylic acids is 1. The Morgan fingerprint density at radius 3 is 3.17 bits per heavy atom. The van der Waals surface area contributed by atoms with Gasteiger partial charge in [0, 0.05) is 42.7 Å². The van der Waals surface area contributed by atoms with Gasteiger partial charge in [-0.1, -0.05) is 13.0 Å². The number of rotatable bonds is 3. The van der Waals surface area contributed by atoms with Crippen molar-refractivity contribution in [2.75, 3.05) is 26.2 Å². The molecule has 1 aromatic heterocycles. The van der Waals surface area contributed by atoms with Gasteiger partial charge in [0.1, 0.15) is 5.82 Å². The maximum atomic E-state index is 12.1. The molecule has 0 saturated carbocycles. The van der Waals surface area contributed by atoms with Gasteiger partial charge < -0.3 is 14.8 Å². The third kappa shape index (κ3) is 2.73. The minimum atomic E-state index is 0.0367. The zero-order chi connectivity index (χ0) is 16.5. The molecule has 1 fully saturated rings. The summed E-state index contributed by atoms with van der Waals surface area (Å²) in [5.41, 5.74) is 2.98. The van der Waals surface area contributed by atoms with Crippen molar-refractivity contribution in [1.82, 2.24) is 19.8 Å². The van der Waals surface area contributed by atoms with Crippen LogP contribution in [0.4, 0.5) is 0 Å². The highest BCUT2D eigenvalue weighted by molar-refractivity contribution is 5.97. The number of amides is 1. The third-order valence-electron chi connectivity index (χ3n) is 5.28. The van der Waals surface area contributed by atoms with E-state index in [2.05, 4.69) is 38.8 Å². The number of carbonyl (C=O) groups is 1. The molecule has 2 aromatic rings. The van der Waals surface area contributed by atoms with Gasteiger partial charge in [-0.05, 0) is 50.0 Å². The molecule has 1 saturated heterocycles. The van der Waals surface area contributed by atoms with Crippen LogP contribution in [0.25, 0.3) is 5.69 Å².